The van der Waals surface area contributed by atoms with E-state index in [1.165, 1.54) is 5.56 Å². The minimum Gasteiger partial charge on any atom is -0.478 e. The van der Waals surface area contributed by atoms with Gasteiger partial charge in [0.1, 0.15) is 0 Å². The predicted octanol–water partition coefficient (Wildman–Crippen LogP) is 6.09. The van der Waals surface area contributed by atoms with Crippen LogP contribution in [0.5, 0.6) is 0 Å². The van der Waals surface area contributed by atoms with E-state index in [1.54, 1.807) is 12.1 Å². The number of aromatic carboxylic acids is 1. The summed E-state index contributed by atoms with van der Waals surface area (Å²) in [4.78, 5) is 15.6. The standard InChI is InChI=1S/C25H19NO2/c1-17-2-4-20(5-3-17)23-14-15-24(26-16-23)21-10-6-18(7-11-21)19-8-12-22(13-9-19)25(27)28/h2-16H,1H3,(H,27,28). The van der Waals surface area contributed by atoms with Crippen molar-refractivity contribution < 1.29 is 9.90 Å². The number of pyridine rings is 1. The highest BCUT2D eigenvalue weighted by Gasteiger charge is 2.05. The minimum absolute atomic E-state index is 0.290. The predicted molar refractivity (Wildman–Crippen MR) is 112 cm³/mol. The zero-order valence-electron chi connectivity index (χ0n) is 15.5. The molecule has 1 heterocycles. The molecule has 3 aromatic carbocycles. The summed E-state index contributed by atoms with van der Waals surface area (Å²) >= 11 is 0. The van der Waals surface area contributed by atoms with E-state index in [-0.39, 0.29) is 0 Å². The smallest absolute Gasteiger partial charge is 0.335 e. The van der Waals surface area contributed by atoms with Crippen molar-refractivity contribution in [3.63, 3.8) is 0 Å². The van der Waals surface area contributed by atoms with Crippen molar-refractivity contribution >= 4 is 5.97 Å². The molecule has 0 aliphatic rings. The Hall–Kier alpha value is -3.72. The van der Waals surface area contributed by atoms with Crippen molar-refractivity contribution in [2.24, 2.45) is 0 Å². The van der Waals surface area contributed by atoms with Crippen molar-refractivity contribution in [2.45, 2.75) is 6.92 Å². The van der Waals surface area contributed by atoms with E-state index in [9.17, 15) is 4.79 Å². The number of rotatable bonds is 4. The number of carboxylic acids is 1. The SMILES string of the molecule is Cc1ccc(-c2ccc(-c3ccc(-c4ccc(C(=O)O)cc4)cc3)nc2)cc1. The molecule has 0 atom stereocenters. The average Bonchev–Trinajstić information content (AvgIpc) is 2.75. The molecular weight excluding hydrogens is 346 g/mol. The fourth-order valence-corrected chi connectivity index (χ4v) is 3.12. The molecule has 3 nitrogen and oxygen atoms in total. The maximum absolute atomic E-state index is 11.0. The lowest BCUT2D eigenvalue weighted by Crippen LogP contribution is -1.94. The highest BCUT2D eigenvalue weighted by atomic mass is 16.4. The summed E-state index contributed by atoms with van der Waals surface area (Å²) < 4.78 is 0. The van der Waals surface area contributed by atoms with Crippen LogP contribution in [0.25, 0.3) is 33.5 Å². The van der Waals surface area contributed by atoms with Crippen LogP contribution >= 0.6 is 0 Å². The van der Waals surface area contributed by atoms with Crippen molar-refractivity contribution in [3.05, 3.63) is 102 Å². The molecular formula is C25H19NO2. The topological polar surface area (TPSA) is 50.2 Å². The Bertz CT molecular complexity index is 1100. The highest BCUT2D eigenvalue weighted by molar-refractivity contribution is 5.88. The summed E-state index contributed by atoms with van der Waals surface area (Å²) in [5, 5.41) is 9.01. The van der Waals surface area contributed by atoms with Crippen LogP contribution in [0, 0.1) is 6.92 Å². The number of hydrogen-bond donors (Lipinski definition) is 1. The van der Waals surface area contributed by atoms with Gasteiger partial charge in [-0.15, -0.1) is 0 Å². The first-order chi connectivity index (χ1) is 13.6. The average molecular weight is 365 g/mol. The molecule has 0 aliphatic carbocycles. The normalized spacial score (nSPS) is 10.6. The molecule has 0 aliphatic heterocycles. The van der Waals surface area contributed by atoms with Gasteiger partial charge in [-0.25, -0.2) is 4.79 Å². The van der Waals surface area contributed by atoms with Crippen LogP contribution in [-0.2, 0) is 0 Å². The first kappa shape index (κ1) is 17.7. The maximum atomic E-state index is 11.0. The molecule has 0 radical (unpaired) electrons. The van der Waals surface area contributed by atoms with Crippen LogP contribution in [0.2, 0.25) is 0 Å². The zero-order chi connectivity index (χ0) is 19.5. The summed E-state index contributed by atoms with van der Waals surface area (Å²) in [6.45, 7) is 2.08. The molecule has 4 aromatic rings. The number of hydrogen-bond acceptors (Lipinski definition) is 2. The van der Waals surface area contributed by atoms with E-state index in [0.29, 0.717) is 5.56 Å². The Morgan fingerprint density at radius 1 is 0.643 bits per heavy atom. The number of aryl methyl sites for hydroxylation is 1. The Morgan fingerprint density at radius 3 is 1.64 bits per heavy atom. The van der Waals surface area contributed by atoms with Gasteiger partial charge in [0.2, 0.25) is 0 Å². The summed E-state index contributed by atoms with van der Waals surface area (Å²) in [7, 11) is 0. The van der Waals surface area contributed by atoms with E-state index in [1.807, 2.05) is 48.7 Å². The van der Waals surface area contributed by atoms with E-state index >= 15 is 0 Å². The lowest BCUT2D eigenvalue weighted by Gasteiger charge is -2.07. The first-order valence-electron chi connectivity index (χ1n) is 9.07. The Kier molecular flexibility index (Phi) is 4.73. The van der Waals surface area contributed by atoms with Gasteiger partial charge in [-0.05, 0) is 41.8 Å². The van der Waals surface area contributed by atoms with Crippen LogP contribution in [0.15, 0.2) is 91.1 Å². The van der Waals surface area contributed by atoms with Crippen LogP contribution in [0.1, 0.15) is 15.9 Å². The summed E-state index contributed by atoms with van der Waals surface area (Å²) in [5.41, 5.74) is 7.77. The number of carbonyl (C=O) groups is 1. The van der Waals surface area contributed by atoms with Gasteiger partial charge in [0.25, 0.3) is 0 Å². The molecule has 136 valence electrons. The fraction of sp³-hybridized carbons (Fsp3) is 0.0400. The van der Waals surface area contributed by atoms with Gasteiger partial charge in [0.05, 0.1) is 11.3 Å². The third kappa shape index (κ3) is 3.69. The van der Waals surface area contributed by atoms with Gasteiger partial charge in [0.15, 0.2) is 0 Å². The van der Waals surface area contributed by atoms with E-state index in [2.05, 4.69) is 42.2 Å². The van der Waals surface area contributed by atoms with Gasteiger partial charge in [-0.3, -0.25) is 4.98 Å². The molecule has 3 heteroatoms. The molecule has 0 unspecified atom stereocenters. The second-order valence-electron chi connectivity index (χ2n) is 6.76. The van der Waals surface area contributed by atoms with E-state index in [0.717, 1.165) is 33.5 Å². The lowest BCUT2D eigenvalue weighted by atomic mass is 10.0. The van der Waals surface area contributed by atoms with Crippen molar-refractivity contribution in [2.75, 3.05) is 0 Å². The molecule has 0 amide bonds. The number of benzene rings is 3. The Labute approximate surface area is 164 Å². The molecule has 0 fully saturated rings. The van der Waals surface area contributed by atoms with Crippen molar-refractivity contribution in [1.29, 1.82) is 0 Å². The van der Waals surface area contributed by atoms with Gasteiger partial charge in [-0.1, -0.05) is 72.3 Å². The van der Waals surface area contributed by atoms with Gasteiger partial charge < -0.3 is 5.11 Å². The van der Waals surface area contributed by atoms with Gasteiger partial charge in [-0.2, -0.15) is 0 Å². The third-order valence-corrected chi connectivity index (χ3v) is 4.79. The number of carboxylic acid groups (broad SMARTS) is 1. The molecule has 28 heavy (non-hydrogen) atoms. The van der Waals surface area contributed by atoms with Crippen LogP contribution in [-0.4, -0.2) is 16.1 Å². The Morgan fingerprint density at radius 2 is 1.11 bits per heavy atom. The van der Waals surface area contributed by atoms with Crippen LogP contribution in [0.4, 0.5) is 0 Å². The lowest BCUT2D eigenvalue weighted by molar-refractivity contribution is 0.0697. The second kappa shape index (κ2) is 7.49. The molecule has 1 N–H and O–H groups in total. The third-order valence-electron chi connectivity index (χ3n) is 4.79. The number of nitrogens with zero attached hydrogens (tertiary/aromatic N) is 1. The zero-order valence-corrected chi connectivity index (χ0v) is 15.5. The second-order valence-corrected chi connectivity index (χ2v) is 6.76. The fourth-order valence-electron chi connectivity index (χ4n) is 3.12. The first-order valence-corrected chi connectivity index (χ1v) is 9.07. The summed E-state index contributed by atoms with van der Waals surface area (Å²) in [5.74, 6) is -0.915. The van der Waals surface area contributed by atoms with Crippen molar-refractivity contribution in [3.8, 4) is 33.5 Å². The molecule has 0 spiro atoms. The van der Waals surface area contributed by atoms with Crippen molar-refractivity contribution in [1.82, 2.24) is 4.98 Å². The quantitative estimate of drug-likeness (QED) is 0.476. The highest BCUT2D eigenvalue weighted by Crippen LogP contribution is 2.26. The molecule has 0 saturated heterocycles. The molecule has 0 saturated carbocycles. The molecule has 0 bridgehead atoms. The van der Waals surface area contributed by atoms with Crippen LogP contribution in [0.3, 0.4) is 0 Å². The monoisotopic (exact) mass is 365 g/mol. The molecule has 4 rings (SSSR count). The Balaban J connectivity index is 1.55. The maximum Gasteiger partial charge on any atom is 0.335 e. The largest absolute Gasteiger partial charge is 0.478 e. The van der Waals surface area contributed by atoms with Gasteiger partial charge in [0, 0.05) is 17.3 Å². The summed E-state index contributed by atoms with van der Waals surface area (Å²) in [6.07, 6.45) is 1.90. The summed E-state index contributed by atoms with van der Waals surface area (Å²) in [6, 6.07) is 27.6. The minimum atomic E-state index is -0.915. The van der Waals surface area contributed by atoms with E-state index in [4.69, 9.17) is 5.11 Å². The van der Waals surface area contributed by atoms with Crippen LogP contribution < -0.4 is 0 Å². The number of aromatic nitrogens is 1. The molecule has 1 aromatic heterocycles. The van der Waals surface area contributed by atoms with E-state index < -0.39 is 5.97 Å². The van der Waals surface area contributed by atoms with Gasteiger partial charge >= 0.3 is 5.97 Å².